The number of amides is 1. The zero-order chi connectivity index (χ0) is 23.0. The van der Waals surface area contributed by atoms with Crippen LogP contribution in [0.25, 0.3) is 5.76 Å². The van der Waals surface area contributed by atoms with E-state index in [-0.39, 0.29) is 17.2 Å². The molecule has 1 amide bonds. The molecule has 0 aliphatic carbocycles. The minimum absolute atomic E-state index is 0.0646. The number of ether oxygens (including phenoxy) is 2. The summed E-state index contributed by atoms with van der Waals surface area (Å²) in [7, 11) is 3.00. The summed E-state index contributed by atoms with van der Waals surface area (Å²) in [6.45, 7) is 1.68. The van der Waals surface area contributed by atoms with E-state index < -0.39 is 17.7 Å². The van der Waals surface area contributed by atoms with Crippen molar-refractivity contribution in [3.8, 4) is 11.5 Å². The predicted molar refractivity (Wildman–Crippen MR) is 120 cm³/mol. The minimum Gasteiger partial charge on any atom is -0.507 e. The maximum Gasteiger partial charge on any atom is 0.301 e. The lowest BCUT2D eigenvalue weighted by atomic mass is 9.95. The second-order valence-electron chi connectivity index (χ2n) is 7.09. The van der Waals surface area contributed by atoms with E-state index in [0.29, 0.717) is 28.4 Å². The fourth-order valence-electron chi connectivity index (χ4n) is 3.64. The van der Waals surface area contributed by atoms with Gasteiger partial charge in [0.1, 0.15) is 11.5 Å². The Hall–Kier alpha value is -3.59. The molecular weight excluding hydrogens is 480 g/mol. The van der Waals surface area contributed by atoms with Gasteiger partial charge in [-0.1, -0.05) is 39.3 Å². The quantitative estimate of drug-likeness (QED) is 0.316. The summed E-state index contributed by atoms with van der Waals surface area (Å²) in [6.07, 6.45) is 0. The van der Waals surface area contributed by atoms with Crippen LogP contribution in [0.2, 0.25) is 0 Å². The Balaban J connectivity index is 1.95. The average Bonchev–Trinajstić information content (AvgIpc) is 3.34. The summed E-state index contributed by atoms with van der Waals surface area (Å²) in [5.74, 6) is -0.407. The number of halogens is 1. The number of rotatable bonds is 5. The smallest absolute Gasteiger partial charge is 0.301 e. The molecule has 0 bridgehead atoms. The Kier molecular flexibility index (Phi) is 5.75. The van der Waals surface area contributed by atoms with Crippen LogP contribution in [0.5, 0.6) is 11.5 Å². The van der Waals surface area contributed by atoms with Gasteiger partial charge in [-0.2, -0.15) is 0 Å². The molecule has 8 nitrogen and oxygen atoms in total. The first-order valence-electron chi connectivity index (χ1n) is 9.58. The Morgan fingerprint density at radius 1 is 1.06 bits per heavy atom. The molecule has 1 aliphatic heterocycles. The maximum absolute atomic E-state index is 13.1. The summed E-state index contributed by atoms with van der Waals surface area (Å²) in [6, 6.07) is 12.4. The molecule has 9 heteroatoms. The zero-order valence-electron chi connectivity index (χ0n) is 17.5. The number of aliphatic hydroxyl groups is 1. The van der Waals surface area contributed by atoms with Gasteiger partial charge in [0.25, 0.3) is 5.78 Å². The summed E-state index contributed by atoms with van der Waals surface area (Å²) < 4.78 is 16.6. The van der Waals surface area contributed by atoms with E-state index in [1.807, 2.05) is 0 Å². The van der Waals surface area contributed by atoms with Gasteiger partial charge in [0.2, 0.25) is 0 Å². The molecule has 2 heterocycles. The molecule has 3 aromatic rings. The van der Waals surface area contributed by atoms with E-state index in [2.05, 4.69) is 21.1 Å². The van der Waals surface area contributed by atoms with Crippen molar-refractivity contribution < 1.29 is 28.7 Å². The van der Waals surface area contributed by atoms with Crippen molar-refractivity contribution in [2.75, 3.05) is 19.1 Å². The first-order valence-corrected chi connectivity index (χ1v) is 10.4. The van der Waals surface area contributed by atoms with E-state index in [4.69, 9.17) is 14.0 Å². The first-order chi connectivity index (χ1) is 15.3. The number of nitrogens with zero attached hydrogens (tertiary/aromatic N) is 2. The lowest BCUT2D eigenvalue weighted by molar-refractivity contribution is -0.132. The maximum atomic E-state index is 13.1. The van der Waals surface area contributed by atoms with Crippen molar-refractivity contribution in [3.63, 3.8) is 0 Å². The molecule has 32 heavy (non-hydrogen) atoms. The third-order valence-electron chi connectivity index (χ3n) is 5.15. The molecule has 4 rings (SSSR count). The fourth-order valence-corrected chi connectivity index (χ4v) is 3.90. The van der Waals surface area contributed by atoms with Gasteiger partial charge in [-0.3, -0.25) is 14.5 Å². The summed E-state index contributed by atoms with van der Waals surface area (Å²) in [4.78, 5) is 27.4. The van der Waals surface area contributed by atoms with Crippen LogP contribution in [-0.2, 0) is 9.59 Å². The van der Waals surface area contributed by atoms with Crippen LogP contribution in [0.3, 0.4) is 0 Å². The second-order valence-corrected chi connectivity index (χ2v) is 8.00. The van der Waals surface area contributed by atoms with Gasteiger partial charge in [0.15, 0.2) is 17.3 Å². The average molecular weight is 499 g/mol. The molecule has 0 spiro atoms. The van der Waals surface area contributed by atoms with Crippen LogP contribution in [0.1, 0.15) is 22.9 Å². The highest BCUT2D eigenvalue weighted by Crippen LogP contribution is 2.43. The van der Waals surface area contributed by atoms with Gasteiger partial charge in [-0.25, -0.2) is 0 Å². The van der Waals surface area contributed by atoms with E-state index in [1.165, 1.54) is 19.1 Å². The Labute approximate surface area is 192 Å². The number of carbonyl (C=O) groups excluding carboxylic acids is 2. The van der Waals surface area contributed by atoms with Gasteiger partial charge in [0, 0.05) is 16.1 Å². The van der Waals surface area contributed by atoms with Crippen molar-refractivity contribution in [1.82, 2.24) is 5.16 Å². The van der Waals surface area contributed by atoms with Crippen molar-refractivity contribution in [1.29, 1.82) is 0 Å². The molecule has 0 radical (unpaired) electrons. The highest BCUT2D eigenvalue weighted by Gasteiger charge is 2.48. The number of carbonyl (C=O) groups is 2. The van der Waals surface area contributed by atoms with Crippen LogP contribution in [0.4, 0.5) is 5.82 Å². The fraction of sp³-hybridized carbons (Fsp3) is 0.174. The van der Waals surface area contributed by atoms with E-state index in [1.54, 1.807) is 55.5 Å². The number of aryl methyl sites for hydroxylation is 1. The molecule has 1 N–H and O–H groups in total. The van der Waals surface area contributed by atoms with Crippen LogP contribution in [-0.4, -0.2) is 36.2 Å². The van der Waals surface area contributed by atoms with Crippen molar-refractivity contribution in [2.45, 2.75) is 13.0 Å². The van der Waals surface area contributed by atoms with Crippen molar-refractivity contribution >= 4 is 39.2 Å². The first kappa shape index (κ1) is 21.6. The molecule has 1 atom stereocenters. The van der Waals surface area contributed by atoms with Crippen molar-refractivity contribution in [2.24, 2.45) is 0 Å². The molecule has 164 valence electrons. The molecule has 0 unspecified atom stereocenters. The minimum atomic E-state index is -0.956. The number of methoxy groups -OCH3 is 2. The SMILES string of the molecule is COc1ccc([C@@H]2/C(=C(\O)c3ccc(Br)cc3)C(=O)C(=O)N2c2cc(C)on2)cc1OC. The number of aromatic nitrogens is 1. The van der Waals surface area contributed by atoms with Crippen LogP contribution < -0.4 is 14.4 Å². The van der Waals surface area contributed by atoms with E-state index in [9.17, 15) is 14.7 Å². The summed E-state index contributed by atoms with van der Waals surface area (Å²) in [5, 5.41) is 15.0. The van der Waals surface area contributed by atoms with Crippen molar-refractivity contribution in [3.05, 3.63) is 75.5 Å². The summed E-state index contributed by atoms with van der Waals surface area (Å²) >= 11 is 3.35. The topological polar surface area (TPSA) is 102 Å². The number of ketones is 1. The lowest BCUT2D eigenvalue weighted by Crippen LogP contribution is -2.29. The normalized spacial score (nSPS) is 17.6. The Bertz CT molecular complexity index is 1230. The standard InChI is InChI=1S/C23H19BrN2O6/c1-12-10-18(25-32-12)26-20(14-6-9-16(30-2)17(11-14)31-3)19(22(28)23(26)29)21(27)13-4-7-15(24)8-5-13/h4-11,20,27H,1-3H3/b21-19+/t20-/m1/s1. The van der Waals surface area contributed by atoms with Gasteiger partial charge < -0.3 is 19.1 Å². The number of hydrogen-bond acceptors (Lipinski definition) is 7. The van der Waals surface area contributed by atoms with Gasteiger partial charge >= 0.3 is 5.91 Å². The third kappa shape index (κ3) is 3.64. The number of anilines is 1. The summed E-state index contributed by atoms with van der Waals surface area (Å²) in [5.41, 5.74) is 0.861. The van der Waals surface area contributed by atoms with Crippen LogP contribution in [0, 0.1) is 6.92 Å². The Morgan fingerprint density at radius 2 is 1.75 bits per heavy atom. The number of Topliss-reactive ketones (excluding diaryl/α,β-unsaturated/α-hetero) is 1. The monoisotopic (exact) mass is 498 g/mol. The molecule has 0 saturated carbocycles. The number of benzene rings is 2. The van der Waals surface area contributed by atoms with E-state index >= 15 is 0 Å². The zero-order valence-corrected chi connectivity index (χ0v) is 19.0. The second kappa shape index (κ2) is 8.51. The highest BCUT2D eigenvalue weighted by molar-refractivity contribution is 9.10. The predicted octanol–water partition coefficient (Wildman–Crippen LogP) is 4.39. The lowest BCUT2D eigenvalue weighted by Gasteiger charge is -2.23. The number of hydrogen-bond donors (Lipinski definition) is 1. The molecule has 1 saturated heterocycles. The molecule has 1 fully saturated rings. The van der Waals surface area contributed by atoms with Gasteiger partial charge in [0.05, 0.1) is 25.8 Å². The highest BCUT2D eigenvalue weighted by atomic mass is 79.9. The largest absolute Gasteiger partial charge is 0.507 e. The Morgan fingerprint density at radius 3 is 2.34 bits per heavy atom. The molecule has 1 aliphatic rings. The van der Waals surface area contributed by atoms with Crippen LogP contribution >= 0.6 is 15.9 Å². The molecular formula is C23H19BrN2O6. The van der Waals surface area contributed by atoms with Gasteiger partial charge in [-0.05, 0) is 36.8 Å². The third-order valence-corrected chi connectivity index (χ3v) is 5.68. The number of aliphatic hydroxyl groups excluding tert-OH is 1. The molecule has 2 aromatic carbocycles. The molecule has 1 aromatic heterocycles. The van der Waals surface area contributed by atoms with Crippen LogP contribution in [0.15, 0.2) is 63.1 Å². The van der Waals surface area contributed by atoms with E-state index in [0.717, 1.165) is 4.47 Å². The van der Waals surface area contributed by atoms with Gasteiger partial charge in [-0.15, -0.1) is 0 Å².